The molecule has 1 fully saturated rings. The van der Waals surface area contributed by atoms with E-state index < -0.39 is 0 Å². The maximum Gasteiger partial charge on any atom is 0.271 e. The Balaban J connectivity index is 1.49. The van der Waals surface area contributed by atoms with Crippen molar-refractivity contribution < 1.29 is 9.13 Å². The zero-order valence-electron chi connectivity index (χ0n) is 13.5. The van der Waals surface area contributed by atoms with Crippen LogP contribution in [0, 0.1) is 17.8 Å². The van der Waals surface area contributed by atoms with Crippen molar-refractivity contribution in [1.82, 2.24) is 0 Å². The molecule has 0 bridgehead atoms. The Morgan fingerprint density at radius 1 is 0.905 bits per heavy atom. The van der Waals surface area contributed by atoms with Gasteiger partial charge >= 0.3 is 0 Å². The van der Waals surface area contributed by atoms with Crippen LogP contribution in [0.4, 0.5) is 4.39 Å². The molecule has 0 saturated heterocycles. The molecule has 0 radical (unpaired) electrons. The van der Waals surface area contributed by atoms with Gasteiger partial charge in [-0.2, -0.15) is 4.39 Å². The molecule has 2 unspecified atom stereocenters. The lowest BCUT2D eigenvalue weighted by atomic mass is 9.70. The van der Waals surface area contributed by atoms with Crippen molar-refractivity contribution in [3.05, 3.63) is 23.2 Å². The zero-order chi connectivity index (χ0) is 14.8. The Hall–Kier alpha value is -0.790. The van der Waals surface area contributed by atoms with Crippen LogP contribution in [0.15, 0.2) is 23.2 Å². The number of hydrogen-bond donors (Lipinski definition) is 0. The highest BCUT2D eigenvalue weighted by Gasteiger charge is 2.34. The molecule has 3 aliphatic rings. The van der Waals surface area contributed by atoms with Gasteiger partial charge in [-0.15, -0.1) is 0 Å². The van der Waals surface area contributed by atoms with Crippen LogP contribution < -0.4 is 0 Å². The van der Waals surface area contributed by atoms with E-state index in [2.05, 4.69) is 13.0 Å². The van der Waals surface area contributed by atoms with Gasteiger partial charge in [0.15, 0.2) is 0 Å². The summed E-state index contributed by atoms with van der Waals surface area (Å²) in [4.78, 5) is 0. The van der Waals surface area contributed by atoms with Crippen molar-refractivity contribution >= 4 is 0 Å². The molecular weight excluding hydrogens is 263 g/mol. The summed E-state index contributed by atoms with van der Waals surface area (Å²) in [6, 6.07) is -0.290. The Bertz CT molecular complexity index is 429. The summed E-state index contributed by atoms with van der Waals surface area (Å²) in [6.45, 7) is 4.11. The van der Waals surface area contributed by atoms with Gasteiger partial charge in [0.2, 0.25) is 0 Å². The summed E-state index contributed by atoms with van der Waals surface area (Å²) in [5.74, 6) is 2.39. The highest BCUT2D eigenvalue weighted by molar-refractivity contribution is 5.05. The van der Waals surface area contributed by atoms with Gasteiger partial charge in [0.1, 0.15) is 6.10 Å². The van der Waals surface area contributed by atoms with E-state index in [4.69, 9.17) is 4.74 Å². The fourth-order valence-corrected chi connectivity index (χ4v) is 4.48. The predicted molar refractivity (Wildman–Crippen MR) is 84.5 cm³/mol. The van der Waals surface area contributed by atoms with E-state index in [1.165, 1.54) is 44.9 Å². The SMILES string of the molecule is CC1=CCC(C2CCC(C3CCC(C)=C(F)O3)CC2)CC1. The average molecular weight is 292 g/mol. The quantitative estimate of drug-likeness (QED) is 0.574. The molecule has 1 nitrogen and oxygen atoms in total. The molecule has 0 amide bonds. The topological polar surface area (TPSA) is 9.23 Å². The van der Waals surface area contributed by atoms with Crippen molar-refractivity contribution in [1.29, 1.82) is 0 Å². The molecule has 2 aliphatic carbocycles. The normalized spacial score (nSPS) is 38.0. The molecule has 0 aromatic heterocycles. The largest absolute Gasteiger partial charge is 0.467 e. The van der Waals surface area contributed by atoms with E-state index in [0.29, 0.717) is 5.92 Å². The second kappa shape index (κ2) is 6.54. The third-order valence-electron chi connectivity index (χ3n) is 6.08. The van der Waals surface area contributed by atoms with Gasteiger partial charge in [-0.25, -0.2) is 0 Å². The van der Waals surface area contributed by atoms with Crippen molar-refractivity contribution in [2.75, 3.05) is 0 Å². The van der Waals surface area contributed by atoms with Crippen molar-refractivity contribution in [2.24, 2.45) is 17.8 Å². The maximum atomic E-state index is 13.6. The van der Waals surface area contributed by atoms with Crippen LogP contribution in [-0.4, -0.2) is 6.10 Å². The van der Waals surface area contributed by atoms with Crippen LogP contribution in [0.3, 0.4) is 0 Å². The lowest BCUT2D eigenvalue weighted by Crippen LogP contribution is -2.32. The van der Waals surface area contributed by atoms with Crippen LogP contribution in [0.1, 0.15) is 71.6 Å². The molecule has 1 saturated carbocycles. The Morgan fingerprint density at radius 3 is 2.24 bits per heavy atom. The van der Waals surface area contributed by atoms with Crippen LogP contribution in [0.5, 0.6) is 0 Å². The minimum Gasteiger partial charge on any atom is -0.467 e. The molecule has 3 rings (SSSR count). The van der Waals surface area contributed by atoms with Gasteiger partial charge in [-0.05, 0) is 95.0 Å². The third-order valence-corrected chi connectivity index (χ3v) is 6.08. The lowest BCUT2D eigenvalue weighted by molar-refractivity contribution is -0.0124. The summed E-state index contributed by atoms with van der Waals surface area (Å²) in [5.41, 5.74) is 2.37. The summed E-state index contributed by atoms with van der Waals surface area (Å²) in [7, 11) is 0. The number of ether oxygens (including phenoxy) is 1. The molecule has 2 heteroatoms. The van der Waals surface area contributed by atoms with E-state index >= 15 is 0 Å². The van der Waals surface area contributed by atoms with E-state index in [1.54, 1.807) is 5.57 Å². The van der Waals surface area contributed by atoms with E-state index in [0.717, 1.165) is 30.3 Å². The fourth-order valence-electron chi connectivity index (χ4n) is 4.48. The number of rotatable bonds is 2. The molecule has 0 aromatic carbocycles. The summed E-state index contributed by atoms with van der Waals surface area (Å²) in [6.07, 6.45) is 13.6. The van der Waals surface area contributed by atoms with Gasteiger partial charge < -0.3 is 4.74 Å². The maximum absolute atomic E-state index is 13.6. The molecule has 0 N–H and O–H groups in total. The molecule has 0 spiro atoms. The molecule has 21 heavy (non-hydrogen) atoms. The van der Waals surface area contributed by atoms with E-state index in [1.807, 2.05) is 6.92 Å². The van der Waals surface area contributed by atoms with Crippen LogP contribution in [0.25, 0.3) is 0 Å². The lowest BCUT2D eigenvalue weighted by Gasteiger charge is -2.38. The van der Waals surface area contributed by atoms with Crippen LogP contribution in [-0.2, 0) is 4.74 Å². The van der Waals surface area contributed by atoms with Crippen molar-refractivity contribution in [3.8, 4) is 0 Å². The number of halogens is 1. The summed E-state index contributed by atoms with van der Waals surface area (Å²) in [5, 5.41) is 0. The minimum absolute atomic E-state index is 0.142. The van der Waals surface area contributed by atoms with E-state index in [9.17, 15) is 4.39 Å². The van der Waals surface area contributed by atoms with Crippen LogP contribution >= 0.6 is 0 Å². The summed E-state index contributed by atoms with van der Waals surface area (Å²) < 4.78 is 19.2. The number of allylic oxidation sites excluding steroid dienone is 3. The standard InChI is InChI=1S/C19H29FO/c1-13-3-6-15(7-4-13)16-8-10-17(11-9-16)18-12-5-14(2)19(20)21-18/h3,15-18H,4-12H2,1-2H3. The van der Waals surface area contributed by atoms with Gasteiger partial charge in [0.25, 0.3) is 6.01 Å². The first kappa shape index (κ1) is 15.1. The highest BCUT2D eigenvalue weighted by Crippen LogP contribution is 2.42. The first-order valence-corrected chi connectivity index (χ1v) is 8.81. The van der Waals surface area contributed by atoms with Gasteiger partial charge in [-0.1, -0.05) is 11.6 Å². The average Bonchev–Trinajstić information content (AvgIpc) is 2.51. The molecule has 1 aliphatic heterocycles. The van der Waals surface area contributed by atoms with Gasteiger partial charge in [0, 0.05) is 0 Å². The second-order valence-electron chi connectivity index (χ2n) is 7.51. The second-order valence-corrected chi connectivity index (χ2v) is 7.51. The minimum atomic E-state index is -0.290. The molecular formula is C19H29FO. The third kappa shape index (κ3) is 3.52. The Labute approximate surface area is 128 Å². The van der Waals surface area contributed by atoms with Gasteiger partial charge in [0.05, 0.1) is 0 Å². The molecule has 0 aromatic rings. The Morgan fingerprint density at radius 2 is 1.62 bits per heavy atom. The molecule has 1 heterocycles. The monoisotopic (exact) mass is 292 g/mol. The molecule has 2 atom stereocenters. The fraction of sp³-hybridized carbons (Fsp3) is 0.789. The van der Waals surface area contributed by atoms with Crippen LogP contribution in [0.2, 0.25) is 0 Å². The first-order chi connectivity index (χ1) is 10.1. The smallest absolute Gasteiger partial charge is 0.271 e. The predicted octanol–water partition coefficient (Wildman–Crippen LogP) is 5.92. The van der Waals surface area contributed by atoms with Gasteiger partial charge in [-0.3, -0.25) is 0 Å². The zero-order valence-corrected chi connectivity index (χ0v) is 13.5. The Kier molecular flexibility index (Phi) is 4.71. The van der Waals surface area contributed by atoms with Crippen molar-refractivity contribution in [2.45, 2.75) is 77.7 Å². The van der Waals surface area contributed by atoms with E-state index in [-0.39, 0.29) is 12.1 Å². The van der Waals surface area contributed by atoms with Crippen molar-refractivity contribution in [3.63, 3.8) is 0 Å². The molecule has 118 valence electrons. The summed E-state index contributed by atoms with van der Waals surface area (Å²) >= 11 is 0. The first-order valence-electron chi connectivity index (χ1n) is 8.81. The highest BCUT2D eigenvalue weighted by atomic mass is 19.1. The number of hydrogen-bond acceptors (Lipinski definition) is 1.